The third kappa shape index (κ3) is 3.87. The maximum atomic E-state index is 12.6. The zero-order chi connectivity index (χ0) is 15.2. The Morgan fingerprint density at radius 3 is 2.67 bits per heavy atom. The van der Waals surface area contributed by atoms with Gasteiger partial charge in [0.2, 0.25) is 0 Å². The number of likely N-dealkylation sites (tertiary alicyclic amines) is 1. The average Bonchev–Trinajstić information content (AvgIpc) is 2.52. The number of hydrogen-bond acceptors (Lipinski definition) is 3. The molecular formula is C15H21N3O3. The van der Waals surface area contributed by atoms with Crippen molar-refractivity contribution >= 4 is 11.9 Å². The Balaban J connectivity index is 2.08. The van der Waals surface area contributed by atoms with E-state index < -0.39 is 6.03 Å². The van der Waals surface area contributed by atoms with E-state index in [9.17, 15) is 9.59 Å². The molecule has 0 spiro atoms. The van der Waals surface area contributed by atoms with E-state index in [1.165, 1.54) is 0 Å². The van der Waals surface area contributed by atoms with Gasteiger partial charge in [0.15, 0.2) is 0 Å². The molecule has 1 aromatic carbocycles. The molecule has 1 unspecified atom stereocenters. The van der Waals surface area contributed by atoms with Crippen molar-refractivity contribution in [2.75, 3.05) is 20.2 Å². The fourth-order valence-corrected chi connectivity index (χ4v) is 2.60. The number of methoxy groups -OCH3 is 1. The van der Waals surface area contributed by atoms with E-state index in [0.717, 1.165) is 25.0 Å². The number of primary amides is 1. The fourth-order valence-electron chi connectivity index (χ4n) is 2.60. The summed E-state index contributed by atoms with van der Waals surface area (Å²) in [5, 5.41) is 2.59. The van der Waals surface area contributed by atoms with E-state index in [-0.39, 0.29) is 11.9 Å². The third-order valence-corrected chi connectivity index (χ3v) is 3.74. The lowest BCUT2D eigenvalue weighted by Crippen LogP contribution is -2.50. The molecule has 3 amide bonds. The molecule has 0 bridgehead atoms. The maximum Gasteiger partial charge on any atom is 0.312 e. The summed E-state index contributed by atoms with van der Waals surface area (Å²) in [7, 11) is 1.59. The highest BCUT2D eigenvalue weighted by Gasteiger charge is 2.27. The summed E-state index contributed by atoms with van der Waals surface area (Å²) in [6, 6.07) is 6.50. The van der Waals surface area contributed by atoms with Crippen molar-refractivity contribution < 1.29 is 14.3 Å². The van der Waals surface area contributed by atoms with Crippen LogP contribution in [0.15, 0.2) is 24.3 Å². The summed E-state index contributed by atoms with van der Waals surface area (Å²) >= 11 is 0. The molecule has 21 heavy (non-hydrogen) atoms. The molecule has 1 heterocycles. The van der Waals surface area contributed by atoms with Crippen LogP contribution in [0.25, 0.3) is 0 Å². The lowest BCUT2D eigenvalue weighted by atomic mass is 10.0. The van der Waals surface area contributed by atoms with Gasteiger partial charge in [-0.25, -0.2) is 4.79 Å². The van der Waals surface area contributed by atoms with Crippen LogP contribution in [0.4, 0.5) is 4.79 Å². The van der Waals surface area contributed by atoms with Crippen molar-refractivity contribution in [1.82, 2.24) is 10.2 Å². The van der Waals surface area contributed by atoms with Gasteiger partial charge in [-0.1, -0.05) is 0 Å². The van der Waals surface area contributed by atoms with Gasteiger partial charge >= 0.3 is 6.03 Å². The van der Waals surface area contributed by atoms with Crippen LogP contribution in [-0.4, -0.2) is 43.1 Å². The minimum Gasteiger partial charge on any atom is -0.497 e. The normalized spacial score (nSPS) is 18.1. The van der Waals surface area contributed by atoms with E-state index in [1.807, 2.05) is 4.90 Å². The number of rotatable bonds is 4. The van der Waals surface area contributed by atoms with Crippen LogP contribution in [0.2, 0.25) is 0 Å². The Morgan fingerprint density at radius 2 is 2.05 bits per heavy atom. The van der Waals surface area contributed by atoms with E-state index in [4.69, 9.17) is 10.5 Å². The highest BCUT2D eigenvalue weighted by Crippen LogP contribution is 2.20. The highest BCUT2D eigenvalue weighted by molar-refractivity contribution is 5.94. The molecule has 6 nitrogen and oxygen atoms in total. The first-order valence-electron chi connectivity index (χ1n) is 7.10. The molecule has 114 valence electrons. The predicted molar refractivity (Wildman–Crippen MR) is 79.3 cm³/mol. The zero-order valence-electron chi connectivity index (χ0n) is 12.2. The van der Waals surface area contributed by atoms with Gasteiger partial charge in [0.25, 0.3) is 5.91 Å². The van der Waals surface area contributed by atoms with Crippen molar-refractivity contribution in [3.63, 3.8) is 0 Å². The second kappa shape index (κ2) is 6.97. The maximum absolute atomic E-state index is 12.6. The molecule has 1 aliphatic rings. The molecule has 0 aromatic heterocycles. The Bertz CT molecular complexity index is 501. The van der Waals surface area contributed by atoms with Gasteiger partial charge in [-0.3, -0.25) is 4.79 Å². The molecule has 1 aliphatic heterocycles. The quantitative estimate of drug-likeness (QED) is 0.878. The van der Waals surface area contributed by atoms with Crippen molar-refractivity contribution in [3.05, 3.63) is 29.8 Å². The summed E-state index contributed by atoms with van der Waals surface area (Å²) in [6.45, 7) is 1.10. The number of hydrogen-bond donors (Lipinski definition) is 2. The van der Waals surface area contributed by atoms with Crippen LogP contribution < -0.4 is 15.8 Å². The second-order valence-electron chi connectivity index (χ2n) is 5.12. The lowest BCUT2D eigenvalue weighted by molar-refractivity contribution is 0.0615. The Kier molecular flexibility index (Phi) is 5.03. The molecule has 0 saturated carbocycles. The smallest absolute Gasteiger partial charge is 0.312 e. The Hall–Kier alpha value is -2.24. The molecule has 2 rings (SSSR count). The standard InChI is InChI=1S/C15H21N3O3/c1-21-13-7-5-11(6-8-13)14(19)18-9-3-2-4-12(18)10-17-15(16)20/h5-8,12H,2-4,9-10H2,1H3,(H3,16,17,20). The molecule has 6 heteroatoms. The molecular weight excluding hydrogens is 270 g/mol. The summed E-state index contributed by atoms with van der Waals surface area (Å²) in [6.07, 6.45) is 2.91. The number of piperidine rings is 1. The predicted octanol–water partition coefficient (Wildman–Crippen LogP) is 1.36. The molecule has 1 aromatic rings. The molecule has 1 atom stereocenters. The minimum atomic E-state index is -0.558. The van der Waals surface area contributed by atoms with Gasteiger partial charge in [0, 0.05) is 24.7 Å². The number of nitrogens with two attached hydrogens (primary N) is 1. The van der Waals surface area contributed by atoms with Crippen LogP contribution in [0, 0.1) is 0 Å². The zero-order valence-corrected chi connectivity index (χ0v) is 12.2. The van der Waals surface area contributed by atoms with Gasteiger partial charge < -0.3 is 20.7 Å². The van der Waals surface area contributed by atoms with Gasteiger partial charge in [-0.05, 0) is 43.5 Å². The number of nitrogens with zero attached hydrogens (tertiary/aromatic N) is 1. The molecule has 0 aliphatic carbocycles. The van der Waals surface area contributed by atoms with Crippen molar-refractivity contribution in [1.29, 1.82) is 0 Å². The average molecular weight is 291 g/mol. The van der Waals surface area contributed by atoms with Gasteiger partial charge in [-0.15, -0.1) is 0 Å². The van der Waals surface area contributed by atoms with Gasteiger partial charge in [0.1, 0.15) is 5.75 Å². The molecule has 3 N–H and O–H groups in total. The van der Waals surface area contributed by atoms with Crippen LogP contribution in [0.5, 0.6) is 5.75 Å². The van der Waals surface area contributed by atoms with Gasteiger partial charge in [0.05, 0.1) is 7.11 Å². The van der Waals surface area contributed by atoms with Crippen molar-refractivity contribution in [3.8, 4) is 5.75 Å². The van der Waals surface area contributed by atoms with Crippen molar-refractivity contribution in [2.45, 2.75) is 25.3 Å². The first-order valence-corrected chi connectivity index (χ1v) is 7.10. The minimum absolute atomic E-state index is 0.000789. The Morgan fingerprint density at radius 1 is 1.33 bits per heavy atom. The lowest BCUT2D eigenvalue weighted by Gasteiger charge is -2.35. The summed E-state index contributed by atoms with van der Waals surface area (Å²) in [5.74, 6) is 0.700. The largest absolute Gasteiger partial charge is 0.497 e. The van der Waals surface area contributed by atoms with Gasteiger partial charge in [-0.2, -0.15) is 0 Å². The monoisotopic (exact) mass is 291 g/mol. The number of carbonyl (C=O) groups excluding carboxylic acids is 2. The summed E-state index contributed by atoms with van der Waals surface area (Å²) in [4.78, 5) is 25.3. The van der Waals surface area contributed by atoms with E-state index in [0.29, 0.717) is 18.7 Å². The first-order chi connectivity index (χ1) is 10.1. The van der Waals surface area contributed by atoms with E-state index >= 15 is 0 Å². The topological polar surface area (TPSA) is 84.7 Å². The number of benzene rings is 1. The summed E-state index contributed by atoms with van der Waals surface area (Å²) in [5.41, 5.74) is 5.73. The molecule has 1 fully saturated rings. The SMILES string of the molecule is COc1ccc(C(=O)N2CCCCC2CNC(N)=O)cc1. The highest BCUT2D eigenvalue weighted by atomic mass is 16.5. The molecule has 0 radical (unpaired) electrons. The third-order valence-electron chi connectivity index (χ3n) is 3.74. The molecule has 1 saturated heterocycles. The van der Waals surface area contributed by atoms with Crippen LogP contribution >= 0.6 is 0 Å². The first kappa shape index (κ1) is 15.2. The fraction of sp³-hybridized carbons (Fsp3) is 0.467. The number of amides is 3. The van der Waals surface area contributed by atoms with E-state index in [1.54, 1.807) is 31.4 Å². The van der Waals surface area contributed by atoms with Crippen LogP contribution in [0.3, 0.4) is 0 Å². The van der Waals surface area contributed by atoms with Crippen LogP contribution in [0.1, 0.15) is 29.6 Å². The summed E-state index contributed by atoms with van der Waals surface area (Å²) < 4.78 is 5.09. The van der Waals surface area contributed by atoms with Crippen LogP contribution in [-0.2, 0) is 0 Å². The number of ether oxygens (including phenoxy) is 1. The van der Waals surface area contributed by atoms with E-state index in [2.05, 4.69) is 5.32 Å². The number of urea groups is 1. The Labute approximate surface area is 124 Å². The second-order valence-corrected chi connectivity index (χ2v) is 5.12. The van der Waals surface area contributed by atoms with Crippen molar-refractivity contribution in [2.24, 2.45) is 5.73 Å². The number of nitrogens with one attached hydrogen (secondary N) is 1. The number of carbonyl (C=O) groups is 2.